The molecule has 2 heterocycles. The molecule has 1 aromatic carbocycles. The molecule has 28 heavy (non-hydrogen) atoms. The van der Waals surface area contributed by atoms with E-state index >= 15 is 0 Å². The van der Waals surface area contributed by atoms with E-state index in [0.29, 0.717) is 51.7 Å². The van der Waals surface area contributed by atoms with E-state index < -0.39 is 0 Å². The molecule has 3 amide bonds. The summed E-state index contributed by atoms with van der Waals surface area (Å²) in [5, 5.41) is 4.03. The number of benzene rings is 1. The fraction of sp³-hybridized carbons (Fsp3) is 0.524. The van der Waals surface area contributed by atoms with Crippen LogP contribution in [0.15, 0.2) is 35.4 Å². The van der Waals surface area contributed by atoms with E-state index in [1.165, 1.54) is 0 Å². The predicted molar refractivity (Wildman–Crippen MR) is 106 cm³/mol. The first-order chi connectivity index (χ1) is 13.6. The Kier molecular flexibility index (Phi) is 6.79. The van der Waals surface area contributed by atoms with Crippen molar-refractivity contribution >= 4 is 23.4 Å². The van der Waals surface area contributed by atoms with Gasteiger partial charge in [-0.05, 0) is 24.8 Å². The summed E-state index contributed by atoms with van der Waals surface area (Å²) in [6.45, 7) is 3.67. The smallest absolute Gasteiger partial charge is 0.240 e. The van der Waals surface area contributed by atoms with Crippen LogP contribution in [0.2, 0.25) is 0 Å². The van der Waals surface area contributed by atoms with Crippen molar-refractivity contribution in [2.45, 2.75) is 58.0 Å². The molecular formula is C21H28N4O3. The topological polar surface area (TPSA) is 82.1 Å². The van der Waals surface area contributed by atoms with Gasteiger partial charge in [0.05, 0.1) is 0 Å². The van der Waals surface area contributed by atoms with E-state index in [2.05, 4.69) is 17.5 Å². The summed E-state index contributed by atoms with van der Waals surface area (Å²) in [6.07, 6.45) is 3.11. The van der Waals surface area contributed by atoms with Gasteiger partial charge in [-0.3, -0.25) is 14.4 Å². The maximum atomic E-state index is 12.7. The molecule has 0 saturated carbocycles. The monoisotopic (exact) mass is 384 g/mol. The van der Waals surface area contributed by atoms with Crippen LogP contribution in [0.1, 0.15) is 51.0 Å². The molecule has 3 rings (SSSR count). The van der Waals surface area contributed by atoms with Crippen molar-refractivity contribution < 1.29 is 14.4 Å². The van der Waals surface area contributed by atoms with Gasteiger partial charge in [-0.2, -0.15) is 5.10 Å². The number of amides is 3. The van der Waals surface area contributed by atoms with Gasteiger partial charge >= 0.3 is 0 Å². The highest BCUT2D eigenvalue weighted by Crippen LogP contribution is 2.19. The summed E-state index contributed by atoms with van der Waals surface area (Å²) in [5.41, 5.74) is 4.43. The van der Waals surface area contributed by atoms with E-state index in [1.807, 2.05) is 40.1 Å². The van der Waals surface area contributed by atoms with E-state index in [1.54, 1.807) is 0 Å². The van der Waals surface area contributed by atoms with Gasteiger partial charge in [0.1, 0.15) is 0 Å². The molecule has 0 unspecified atom stereocenters. The largest absolute Gasteiger partial charge is 0.340 e. The number of hydrazone groups is 1. The molecule has 1 aromatic rings. The van der Waals surface area contributed by atoms with Crippen LogP contribution in [0, 0.1) is 0 Å². The maximum absolute atomic E-state index is 12.7. The fourth-order valence-electron chi connectivity index (χ4n) is 3.70. The van der Waals surface area contributed by atoms with Crippen molar-refractivity contribution in [3.8, 4) is 0 Å². The first-order valence-corrected chi connectivity index (χ1v) is 10.0. The summed E-state index contributed by atoms with van der Waals surface area (Å²) in [7, 11) is 0. The van der Waals surface area contributed by atoms with Crippen LogP contribution in [0.5, 0.6) is 0 Å². The van der Waals surface area contributed by atoms with Gasteiger partial charge in [0.25, 0.3) is 0 Å². The van der Waals surface area contributed by atoms with Crippen LogP contribution >= 0.6 is 0 Å². The zero-order chi connectivity index (χ0) is 19.9. The molecule has 2 aliphatic heterocycles. The molecule has 0 spiro atoms. The van der Waals surface area contributed by atoms with Crippen LogP contribution in [0.3, 0.4) is 0 Å². The Balaban J connectivity index is 1.60. The van der Waals surface area contributed by atoms with Gasteiger partial charge in [-0.25, -0.2) is 5.43 Å². The average Bonchev–Trinajstić information content (AvgIpc) is 2.87. The average molecular weight is 384 g/mol. The number of carbonyl (C=O) groups excluding carboxylic acids is 3. The summed E-state index contributed by atoms with van der Waals surface area (Å²) >= 11 is 0. The lowest BCUT2D eigenvalue weighted by atomic mass is 10.1. The van der Waals surface area contributed by atoms with Gasteiger partial charge in [0.2, 0.25) is 17.7 Å². The zero-order valence-corrected chi connectivity index (χ0v) is 16.4. The Morgan fingerprint density at radius 3 is 2.64 bits per heavy atom. The van der Waals surface area contributed by atoms with E-state index in [-0.39, 0.29) is 23.8 Å². The lowest BCUT2D eigenvalue weighted by Crippen LogP contribution is -2.43. The standard InChI is InChI=1S/C21H28N4O3/c1-2-18-15-24(20(27)11-9-17-8-10-19(26)23-22-17)13-12-21(28)25(18)14-16-6-4-3-5-7-16/h3-7,18H,2,8-15H2,1H3,(H,23,26)/t18-/m1/s1. The number of rotatable bonds is 6. The summed E-state index contributed by atoms with van der Waals surface area (Å²) in [5.74, 6) is 0.0724. The Bertz CT molecular complexity index is 747. The molecule has 0 aromatic heterocycles. The zero-order valence-electron chi connectivity index (χ0n) is 16.4. The van der Waals surface area contributed by atoms with Crippen molar-refractivity contribution in [3.05, 3.63) is 35.9 Å². The van der Waals surface area contributed by atoms with Gasteiger partial charge in [0.15, 0.2) is 0 Å². The minimum atomic E-state index is -0.0783. The van der Waals surface area contributed by atoms with Crippen molar-refractivity contribution in [1.82, 2.24) is 15.2 Å². The van der Waals surface area contributed by atoms with Gasteiger partial charge in [-0.1, -0.05) is 37.3 Å². The third-order valence-electron chi connectivity index (χ3n) is 5.41. The number of carbonyl (C=O) groups is 3. The Hall–Kier alpha value is -2.70. The Morgan fingerprint density at radius 2 is 1.96 bits per heavy atom. The Morgan fingerprint density at radius 1 is 1.18 bits per heavy atom. The first kappa shape index (κ1) is 20.0. The van der Waals surface area contributed by atoms with Gasteiger partial charge < -0.3 is 9.80 Å². The van der Waals surface area contributed by atoms with Crippen LogP contribution in [0.4, 0.5) is 0 Å². The third kappa shape index (κ3) is 5.18. The molecule has 2 aliphatic rings. The molecule has 1 fully saturated rings. The summed E-state index contributed by atoms with van der Waals surface area (Å²) in [4.78, 5) is 40.4. The van der Waals surface area contributed by atoms with Crippen LogP contribution in [-0.2, 0) is 20.9 Å². The molecule has 1 N–H and O–H groups in total. The highest BCUT2D eigenvalue weighted by atomic mass is 16.2. The first-order valence-electron chi connectivity index (χ1n) is 10.0. The molecular weight excluding hydrogens is 356 g/mol. The number of hydrogen-bond acceptors (Lipinski definition) is 4. The molecule has 7 nitrogen and oxygen atoms in total. The molecule has 1 saturated heterocycles. The lowest BCUT2D eigenvalue weighted by Gasteiger charge is -2.31. The predicted octanol–water partition coefficient (Wildman–Crippen LogP) is 2.07. The lowest BCUT2D eigenvalue weighted by molar-refractivity contribution is -0.133. The van der Waals surface area contributed by atoms with Gasteiger partial charge in [-0.15, -0.1) is 0 Å². The van der Waals surface area contributed by atoms with Crippen LogP contribution < -0.4 is 5.43 Å². The molecule has 7 heteroatoms. The minimum absolute atomic E-state index is 0.0189. The quantitative estimate of drug-likeness (QED) is 0.815. The maximum Gasteiger partial charge on any atom is 0.240 e. The normalized spacial score (nSPS) is 20.5. The SMILES string of the molecule is CC[C@@H]1CN(C(=O)CCC2=NNC(=O)CC2)CCC(=O)N1Cc1ccccc1. The van der Waals surface area contributed by atoms with E-state index in [9.17, 15) is 14.4 Å². The second kappa shape index (κ2) is 9.48. The van der Waals surface area contributed by atoms with E-state index in [0.717, 1.165) is 17.7 Å². The Labute approximate surface area is 165 Å². The summed E-state index contributed by atoms with van der Waals surface area (Å²) in [6, 6.07) is 9.99. The van der Waals surface area contributed by atoms with E-state index in [4.69, 9.17) is 0 Å². The van der Waals surface area contributed by atoms with Crippen LogP contribution in [-0.4, -0.2) is 52.4 Å². The molecule has 0 radical (unpaired) electrons. The van der Waals surface area contributed by atoms with Gasteiger partial charge in [0, 0.05) is 50.7 Å². The van der Waals surface area contributed by atoms with Crippen molar-refractivity contribution in [2.75, 3.05) is 13.1 Å². The highest BCUT2D eigenvalue weighted by Gasteiger charge is 2.30. The van der Waals surface area contributed by atoms with Crippen LogP contribution in [0.25, 0.3) is 0 Å². The third-order valence-corrected chi connectivity index (χ3v) is 5.41. The van der Waals surface area contributed by atoms with Crippen molar-refractivity contribution in [1.29, 1.82) is 0 Å². The second-order valence-electron chi connectivity index (χ2n) is 7.37. The summed E-state index contributed by atoms with van der Waals surface area (Å²) < 4.78 is 0. The number of nitrogens with one attached hydrogen (secondary N) is 1. The number of nitrogens with zero attached hydrogens (tertiary/aromatic N) is 3. The fourth-order valence-corrected chi connectivity index (χ4v) is 3.70. The molecule has 150 valence electrons. The number of hydrogen-bond donors (Lipinski definition) is 1. The molecule has 0 aliphatic carbocycles. The highest BCUT2D eigenvalue weighted by molar-refractivity contribution is 5.94. The van der Waals surface area contributed by atoms with Crippen molar-refractivity contribution in [2.24, 2.45) is 5.10 Å². The van der Waals surface area contributed by atoms with Crippen molar-refractivity contribution in [3.63, 3.8) is 0 Å². The second-order valence-corrected chi connectivity index (χ2v) is 7.37. The minimum Gasteiger partial charge on any atom is -0.340 e. The molecule has 1 atom stereocenters. The molecule has 0 bridgehead atoms.